The standard InChI is InChI=1S/C12H10ClN3O/c1-6-7(2)14-12-9(6)10(13)15-11(16-12)8-3-4-17-5-8/h3-5H,1-2H3,(H,14,15,16). The Labute approximate surface area is 103 Å². The van der Waals surface area contributed by atoms with Crippen LogP contribution in [0.2, 0.25) is 5.15 Å². The maximum absolute atomic E-state index is 6.20. The van der Waals surface area contributed by atoms with Crippen LogP contribution in [-0.2, 0) is 0 Å². The van der Waals surface area contributed by atoms with E-state index in [9.17, 15) is 0 Å². The van der Waals surface area contributed by atoms with E-state index in [0.29, 0.717) is 11.0 Å². The van der Waals surface area contributed by atoms with Gasteiger partial charge in [-0.25, -0.2) is 9.97 Å². The van der Waals surface area contributed by atoms with Crippen LogP contribution in [0.4, 0.5) is 0 Å². The zero-order valence-corrected chi connectivity index (χ0v) is 10.2. The van der Waals surface area contributed by atoms with Crippen molar-refractivity contribution >= 4 is 22.6 Å². The molecule has 0 amide bonds. The molecule has 0 bridgehead atoms. The fourth-order valence-electron chi connectivity index (χ4n) is 1.84. The van der Waals surface area contributed by atoms with E-state index in [0.717, 1.165) is 27.9 Å². The molecule has 0 unspecified atom stereocenters. The Bertz CT molecular complexity index is 685. The minimum absolute atomic E-state index is 0.466. The highest BCUT2D eigenvalue weighted by Crippen LogP contribution is 2.28. The highest BCUT2D eigenvalue weighted by atomic mass is 35.5. The molecular formula is C12H10ClN3O. The first-order valence-corrected chi connectivity index (χ1v) is 5.59. The molecular weight excluding hydrogens is 238 g/mol. The van der Waals surface area contributed by atoms with Crippen LogP contribution in [-0.4, -0.2) is 15.0 Å². The fourth-order valence-corrected chi connectivity index (χ4v) is 2.15. The summed E-state index contributed by atoms with van der Waals surface area (Å²) >= 11 is 6.20. The minimum Gasteiger partial charge on any atom is -0.472 e. The Morgan fingerprint density at radius 1 is 1.29 bits per heavy atom. The number of aromatic amines is 1. The lowest BCUT2D eigenvalue weighted by molar-refractivity contribution is 0.568. The van der Waals surface area contributed by atoms with Crippen molar-refractivity contribution in [2.24, 2.45) is 0 Å². The van der Waals surface area contributed by atoms with Crippen molar-refractivity contribution in [2.75, 3.05) is 0 Å². The predicted molar refractivity (Wildman–Crippen MR) is 66.1 cm³/mol. The lowest BCUT2D eigenvalue weighted by Crippen LogP contribution is -1.89. The van der Waals surface area contributed by atoms with Crippen LogP contribution >= 0.6 is 11.6 Å². The number of halogens is 1. The number of nitrogens with zero attached hydrogens (tertiary/aromatic N) is 2. The lowest BCUT2D eigenvalue weighted by atomic mass is 10.2. The molecule has 3 aromatic rings. The van der Waals surface area contributed by atoms with E-state index in [1.54, 1.807) is 18.6 Å². The zero-order valence-electron chi connectivity index (χ0n) is 9.41. The molecule has 17 heavy (non-hydrogen) atoms. The molecule has 86 valence electrons. The molecule has 0 fully saturated rings. The van der Waals surface area contributed by atoms with Crippen molar-refractivity contribution in [2.45, 2.75) is 13.8 Å². The van der Waals surface area contributed by atoms with Crippen LogP contribution in [0.15, 0.2) is 23.0 Å². The molecule has 3 heterocycles. The van der Waals surface area contributed by atoms with E-state index in [-0.39, 0.29) is 0 Å². The lowest BCUT2D eigenvalue weighted by Gasteiger charge is -1.99. The van der Waals surface area contributed by atoms with Crippen LogP contribution in [0.25, 0.3) is 22.4 Å². The molecule has 0 aliphatic carbocycles. The Kier molecular flexibility index (Phi) is 2.19. The summed E-state index contributed by atoms with van der Waals surface area (Å²) in [4.78, 5) is 11.9. The van der Waals surface area contributed by atoms with Crippen molar-refractivity contribution in [3.05, 3.63) is 35.0 Å². The van der Waals surface area contributed by atoms with Gasteiger partial charge < -0.3 is 9.40 Å². The summed E-state index contributed by atoms with van der Waals surface area (Å²) in [6.07, 6.45) is 3.18. The minimum atomic E-state index is 0.466. The highest BCUT2D eigenvalue weighted by Gasteiger charge is 2.13. The SMILES string of the molecule is Cc1[nH]c2nc(-c3ccoc3)nc(Cl)c2c1C. The Hall–Kier alpha value is -1.81. The number of nitrogens with one attached hydrogen (secondary N) is 1. The molecule has 0 aliphatic heterocycles. The quantitative estimate of drug-likeness (QED) is 0.670. The van der Waals surface area contributed by atoms with Gasteiger partial charge in [-0.05, 0) is 25.5 Å². The van der Waals surface area contributed by atoms with Gasteiger partial charge in [-0.1, -0.05) is 11.6 Å². The van der Waals surface area contributed by atoms with Gasteiger partial charge in [-0.2, -0.15) is 0 Å². The second kappa shape index (κ2) is 3.60. The molecule has 0 spiro atoms. The first-order valence-electron chi connectivity index (χ1n) is 5.22. The van der Waals surface area contributed by atoms with Gasteiger partial charge in [0.25, 0.3) is 0 Å². The third-order valence-electron chi connectivity index (χ3n) is 2.89. The second-order valence-electron chi connectivity index (χ2n) is 3.95. The Morgan fingerprint density at radius 2 is 2.12 bits per heavy atom. The van der Waals surface area contributed by atoms with Gasteiger partial charge in [0.05, 0.1) is 17.2 Å². The third-order valence-corrected chi connectivity index (χ3v) is 3.16. The molecule has 4 nitrogen and oxygen atoms in total. The highest BCUT2D eigenvalue weighted by molar-refractivity contribution is 6.34. The summed E-state index contributed by atoms with van der Waals surface area (Å²) < 4.78 is 5.02. The molecule has 5 heteroatoms. The van der Waals surface area contributed by atoms with E-state index < -0.39 is 0 Å². The van der Waals surface area contributed by atoms with Crippen LogP contribution < -0.4 is 0 Å². The van der Waals surface area contributed by atoms with E-state index >= 15 is 0 Å². The van der Waals surface area contributed by atoms with Gasteiger partial charge in [0.15, 0.2) is 5.82 Å². The van der Waals surface area contributed by atoms with Gasteiger partial charge >= 0.3 is 0 Å². The van der Waals surface area contributed by atoms with Crippen molar-refractivity contribution in [3.8, 4) is 11.4 Å². The predicted octanol–water partition coefficient (Wildman–Crippen LogP) is 3.49. The van der Waals surface area contributed by atoms with Gasteiger partial charge in [0.1, 0.15) is 17.1 Å². The molecule has 1 N–H and O–H groups in total. The Balaban J connectivity index is 2.32. The zero-order chi connectivity index (χ0) is 12.0. The maximum atomic E-state index is 6.20. The molecule has 3 rings (SSSR count). The number of aromatic nitrogens is 3. The summed E-state index contributed by atoms with van der Waals surface area (Å²) in [5, 5.41) is 1.35. The topological polar surface area (TPSA) is 54.7 Å². The summed E-state index contributed by atoms with van der Waals surface area (Å²) in [6.45, 7) is 3.99. The van der Waals surface area contributed by atoms with Crippen molar-refractivity contribution in [3.63, 3.8) is 0 Å². The number of fused-ring (bicyclic) bond motifs is 1. The smallest absolute Gasteiger partial charge is 0.166 e. The fraction of sp³-hybridized carbons (Fsp3) is 0.167. The van der Waals surface area contributed by atoms with Crippen molar-refractivity contribution < 1.29 is 4.42 Å². The van der Waals surface area contributed by atoms with E-state index in [1.165, 1.54) is 0 Å². The first kappa shape index (κ1) is 10.4. The van der Waals surface area contributed by atoms with Crippen molar-refractivity contribution in [1.29, 1.82) is 0 Å². The number of furan rings is 1. The van der Waals surface area contributed by atoms with Crippen molar-refractivity contribution in [1.82, 2.24) is 15.0 Å². The normalized spacial score (nSPS) is 11.2. The number of rotatable bonds is 1. The molecule has 0 atom stereocenters. The molecule has 0 aliphatic rings. The number of H-pyrrole nitrogens is 1. The maximum Gasteiger partial charge on any atom is 0.166 e. The van der Waals surface area contributed by atoms with Crippen LogP contribution in [0.3, 0.4) is 0 Å². The molecule has 0 saturated heterocycles. The molecule has 0 radical (unpaired) electrons. The summed E-state index contributed by atoms with van der Waals surface area (Å²) in [5.74, 6) is 0.567. The van der Waals surface area contributed by atoms with Gasteiger partial charge in [0, 0.05) is 5.69 Å². The van der Waals surface area contributed by atoms with E-state index in [1.807, 2.05) is 13.8 Å². The second-order valence-corrected chi connectivity index (χ2v) is 4.31. The number of aryl methyl sites for hydroxylation is 2. The van der Waals surface area contributed by atoms with E-state index in [2.05, 4.69) is 15.0 Å². The van der Waals surface area contributed by atoms with Gasteiger partial charge in [0.2, 0.25) is 0 Å². The molecule has 3 aromatic heterocycles. The van der Waals surface area contributed by atoms with Crippen LogP contribution in [0.5, 0.6) is 0 Å². The average Bonchev–Trinajstić information content (AvgIpc) is 2.88. The van der Waals surface area contributed by atoms with Crippen LogP contribution in [0.1, 0.15) is 11.3 Å². The summed E-state index contributed by atoms with van der Waals surface area (Å²) in [7, 11) is 0. The first-order chi connectivity index (χ1) is 8.16. The molecule has 0 aromatic carbocycles. The number of hydrogen-bond donors (Lipinski definition) is 1. The summed E-state index contributed by atoms with van der Waals surface area (Å²) in [5.41, 5.74) is 3.72. The van der Waals surface area contributed by atoms with Crippen LogP contribution in [0, 0.1) is 13.8 Å². The average molecular weight is 248 g/mol. The van der Waals surface area contributed by atoms with Gasteiger partial charge in [-0.15, -0.1) is 0 Å². The monoisotopic (exact) mass is 247 g/mol. The summed E-state index contributed by atoms with van der Waals surface area (Å²) in [6, 6.07) is 1.81. The van der Waals surface area contributed by atoms with E-state index in [4.69, 9.17) is 16.0 Å². The van der Waals surface area contributed by atoms with Gasteiger partial charge in [-0.3, -0.25) is 0 Å². The third kappa shape index (κ3) is 1.52. The number of hydrogen-bond acceptors (Lipinski definition) is 3. The molecule has 0 saturated carbocycles. The Morgan fingerprint density at radius 3 is 2.82 bits per heavy atom. The largest absolute Gasteiger partial charge is 0.472 e.